The molecular formula is C8H10FN3O4. The Kier molecular flexibility index (Phi) is 2.86. The zero-order valence-electron chi connectivity index (χ0n) is 8.17. The molecule has 1 aliphatic heterocycles. The molecule has 0 spiro atoms. The number of halogens is 1. The number of nitrogens with zero attached hydrogens (tertiary/aromatic N) is 2. The summed E-state index contributed by atoms with van der Waals surface area (Å²) in [6.07, 6.45) is -0.705. The molecule has 0 unspecified atom stereocenters. The van der Waals surface area contributed by atoms with Crippen LogP contribution in [0.2, 0.25) is 0 Å². The summed E-state index contributed by atoms with van der Waals surface area (Å²) >= 11 is 0. The topological polar surface area (TPSA) is 99.6 Å². The molecule has 7 nitrogen and oxygen atoms in total. The van der Waals surface area contributed by atoms with Gasteiger partial charge in [-0.05, 0) is 0 Å². The Morgan fingerprint density at radius 3 is 3.12 bits per heavy atom. The van der Waals surface area contributed by atoms with E-state index >= 15 is 0 Å². The molecule has 2 atom stereocenters. The predicted octanol–water partition coefficient (Wildman–Crippen LogP) is -1.17. The molecule has 2 rings (SSSR count). The van der Waals surface area contributed by atoms with E-state index in [-0.39, 0.29) is 13.2 Å². The Morgan fingerprint density at radius 2 is 2.50 bits per heavy atom. The molecule has 88 valence electrons. The van der Waals surface area contributed by atoms with Gasteiger partial charge in [-0.1, -0.05) is 0 Å². The average Bonchev–Trinajstić information content (AvgIpc) is 2.71. The van der Waals surface area contributed by atoms with Crippen molar-refractivity contribution in [2.75, 3.05) is 18.9 Å². The van der Waals surface area contributed by atoms with Crippen molar-refractivity contribution in [2.45, 2.75) is 12.5 Å². The fourth-order valence-corrected chi connectivity index (χ4v) is 1.35. The molecule has 3 N–H and O–H groups in total. The minimum absolute atomic E-state index is 0.0379. The summed E-state index contributed by atoms with van der Waals surface area (Å²) in [5.41, 5.74) is 4.40. The number of aromatic nitrogens is 2. The van der Waals surface area contributed by atoms with Crippen LogP contribution in [0, 0.1) is 5.82 Å². The van der Waals surface area contributed by atoms with Crippen LogP contribution < -0.4 is 11.4 Å². The Bertz CT molecular complexity index is 449. The van der Waals surface area contributed by atoms with E-state index in [0.717, 1.165) is 10.8 Å². The number of aliphatic hydroxyl groups excluding tert-OH is 1. The van der Waals surface area contributed by atoms with Crippen molar-refractivity contribution in [1.82, 2.24) is 9.55 Å². The molecule has 1 aromatic heterocycles. The van der Waals surface area contributed by atoms with E-state index in [2.05, 4.69) is 4.98 Å². The zero-order valence-corrected chi connectivity index (χ0v) is 8.17. The van der Waals surface area contributed by atoms with Gasteiger partial charge in [0.2, 0.25) is 0 Å². The highest BCUT2D eigenvalue weighted by Crippen LogP contribution is 2.19. The second-order valence-corrected chi connectivity index (χ2v) is 3.20. The third-order valence-electron chi connectivity index (χ3n) is 2.13. The van der Waals surface area contributed by atoms with Crippen LogP contribution >= 0.6 is 0 Å². The van der Waals surface area contributed by atoms with Crippen LogP contribution in [0.5, 0.6) is 0 Å². The van der Waals surface area contributed by atoms with Crippen molar-refractivity contribution in [1.29, 1.82) is 0 Å². The highest BCUT2D eigenvalue weighted by atomic mass is 19.1. The summed E-state index contributed by atoms with van der Waals surface area (Å²) in [6.45, 7) is -0.299. The van der Waals surface area contributed by atoms with Gasteiger partial charge in [0.25, 0.3) is 0 Å². The van der Waals surface area contributed by atoms with E-state index < -0.39 is 29.8 Å². The Morgan fingerprint density at radius 1 is 1.75 bits per heavy atom. The van der Waals surface area contributed by atoms with Crippen LogP contribution in [-0.2, 0) is 9.47 Å². The maximum atomic E-state index is 13.1. The van der Waals surface area contributed by atoms with E-state index in [9.17, 15) is 9.18 Å². The molecule has 2 heterocycles. The van der Waals surface area contributed by atoms with Crippen molar-refractivity contribution >= 4 is 5.82 Å². The van der Waals surface area contributed by atoms with Gasteiger partial charge in [-0.2, -0.15) is 4.98 Å². The van der Waals surface area contributed by atoms with Crippen molar-refractivity contribution in [3.8, 4) is 0 Å². The first kappa shape index (κ1) is 11.0. The number of anilines is 1. The highest BCUT2D eigenvalue weighted by Gasteiger charge is 2.28. The van der Waals surface area contributed by atoms with E-state index in [4.69, 9.17) is 20.3 Å². The minimum atomic E-state index is -0.810. The number of aliphatic hydroxyl groups is 1. The Labute approximate surface area is 89.2 Å². The standard InChI is InChI=1S/C8H10FN3O4/c9-4-1-12(8(14)11-7(4)10)5-3-15-6(2-13)16-5/h1,5-6,13H,2-3H2,(H2,10,11,14)/t5-,6-/m1/s1. The summed E-state index contributed by atoms with van der Waals surface area (Å²) in [4.78, 5) is 14.7. The molecule has 0 aliphatic carbocycles. The maximum absolute atomic E-state index is 13.1. The fraction of sp³-hybridized carbons (Fsp3) is 0.500. The number of nitrogen functional groups attached to an aromatic ring is 1. The fourth-order valence-electron chi connectivity index (χ4n) is 1.35. The lowest BCUT2D eigenvalue weighted by Gasteiger charge is -2.12. The monoisotopic (exact) mass is 231 g/mol. The Balaban J connectivity index is 2.28. The molecule has 0 amide bonds. The van der Waals surface area contributed by atoms with Crippen molar-refractivity contribution in [3.05, 3.63) is 22.5 Å². The number of hydrogen-bond acceptors (Lipinski definition) is 6. The average molecular weight is 231 g/mol. The van der Waals surface area contributed by atoms with Crippen LogP contribution in [0.1, 0.15) is 6.23 Å². The third kappa shape index (κ3) is 1.90. The largest absolute Gasteiger partial charge is 0.391 e. The van der Waals surface area contributed by atoms with Gasteiger partial charge in [-0.25, -0.2) is 9.18 Å². The van der Waals surface area contributed by atoms with E-state index in [1.165, 1.54) is 0 Å². The number of ether oxygens (including phenoxy) is 2. The van der Waals surface area contributed by atoms with Crippen LogP contribution in [0.25, 0.3) is 0 Å². The Hall–Kier alpha value is -1.51. The summed E-state index contributed by atoms with van der Waals surface area (Å²) in [6, 6.07) is 0. The lowest BCUT2D eigenvalue weighted by atomic mass is 10.5. The summed E-state index contributed by atoms with van der Waals surface area (Å²) in [5.74, 6) is -1.27. The molecule has 0 saturated carbocycles. The number of hydrogen-bond donors (Lipinski definition) is 2. The lowest BCUT2D eigenvalue weighted by molar-refractivity contribution is -0.0993. The van der Waals surface area contributed by atoms with Crippen LogP contribution in [0.4, 0.5) is 10.2 Å². The van der Waals surface area contributed by atoms with Crippen molar-refractivity contribution in [2.24, 2.45) is 0 Å². The van der Waals surface area contributed by atoms with Crippen molar-refractivity contribution in [3.63, 3.8) is 0 Å². The smallest absolute Gasteiger partial charge is 0.351 e. The highest BCUT2D eigenvalue weighted by molar-refractivity contribution is 5.26. The molecule has 1 fully saturated rings. The lowest BCUT2D eigenvalue weighted by Crippen LogP contribution is -2.29. The van der Waals surface area contributed by atoms with Crippen LogP contribution in [0.15, 0.2) is 11.0 Å². The van der Waals surface area contributed by atoms with Gasteiger partial charge in [0.05, 0.1) is 19.4 Å². The molecule has 0 aromatic carbocycles. The normalized spacial score (nSPS) is 24.9. The second-order valence-electron chi connectivity index (χ2n) is 3.20. The van der Waals surface area contributed by atoms with Gasteiger partial charge in [0, 0.05) is 0 Å². The maximum Gasteiger partial charge on any atom is 0.351 e. The van der Waals surface area contributed by atoms with Gasteiger partial charge in [0.1, 0.15) is 0 Å². The number of nitrogens with two attached hydrogens (primary N) is 1. The molecule has 0 bridgehead atoms. The van der Waals surface area contributed by atoms with Gasteiger partial charge < -0.3 is 20.3 Å². The van der Waals surface area contributed by atoms with Gasteiger partial charge in [-0.15, -0.1) is 0 Å². The molecular weight excluding hydrogens is 221 g/mol. The second kappa shape index (κ2) is 4.16. The molecule has 0 radical (unpaired) electrons. The SMILES string of the molecule is Nc1nc(=O)n([C@H]2CO[C@@H](CO)O2)cc1F. The number of rotatable bonds is 2. The van der Waals surface area contributed by atoms with Gasteiger partial charge in [0.15, 0.2) is 24.2 Å². The molecule has 1 aromatic rings. The van der Waals surface area contributed by atoms with E-state index in [1.54, 1.807) is 0 Å². The molecule has 1 aliphatic rings. The first-order chi connectivity index (χ1) is 7.61. The minimum Gasteiger partial charge on any atom is -0.391 e. The first-order valence-corrected chi connectivity index (χ1v) is 4.54. The van der Waals surface area contributed by atoms with Gasteiger partial charge in [-0.3, -0.25) is 4.57 Å². The molecule has 8 heteroatoms. The molecule has 1 saturated heterocycles. The van der Waals surface area contributed by atoms with Gasteiger partial charge >= 0.3 is 5.69 Å². The third-order valence-corrected chi connectivity index (χ3v) is 2.13. The van der Waals surface area contributed by atoms with E-state index in [0.29, 0.717) is 0 Å². The van der Waals surface area contributed by atoms with Crippen LogP contribution in [0.3, 0.4) is 0 Å². The summed E-state index contributed by atoms with van der Waals surface area (Å²) in [5, 5.41) is 8.75. The van der Waals surface area contributed by atoms with Crippen LogP contribution in [-0.4, -0.2) is 34.2 Å². The van der Waals surface area contributed by atoms with E-state index in [1.807, 2.05) is 0 Å². The quantitative estimate of drug-likeness (QED) is 0.665. The first-order valence-electron chi connectivity index (χ1n) is 4.54. The summed E-state index contributed by atoms with van der Waals surface area (Å²) in [7, 11) is 0. The zero-order chi connectivity index (χ0) is 11.7. The summed E-state index contributed by atoms with van der Waals surface area (Å²) < 4.78 is 24.1. The predicted molar refractivity (Wildman–Crippen MR) is 49.8 cm³/mol. The molecule has 16 heavy (non-hydrogen) atoms. The van der Waals surface area contributed by atoms with Crippen molar-refractivity contribution < 1.29 is 19.0 Å².